The van der Waals surface area contributed by atoms with Crippen LogP contribution < -0.4 is 9.47 Å². The first-order valence-corrected chi connectivity index (χ1v) is 10.9. The van der Waals surface area contributed by atoms with Gasteiger partial charge in [-0.3, -0.25) is 9.59 Å². The van der Waals surface area contributed by atoms with Crippen LogP contribution in [0.2, 0.25) is 0 Å². The summed E-state index contributed by atoms with van der Waals surface area (Å²) in [6.45, 7) is 0.913. The molecule has 8 nitrogen and oxygen atoms in total. The Kier molecular flexibility index (Phi) is 4.65. The van der Waals surface area contributed by atoms with E-state index in [2.05, 4.69) is 4.98 Å². The molecule has 1 saturated heterocycles. The Balaban J connectivity index is 1.53. The molecule has 2 N–H and O–H groups in total. The van der Waals surface area contributed by atoms with Crippen LogP contribution in [0.25, 0.3) is 16.7 Å². The second-order valence-electron chi connectivity index (χ2n) is 8.15. The SMILES string of the molecule is O=C1C(=O)N(Cc2ccco2)C(c2c[nH]c3ccccc23)/C1=C(\O)c1ccc2c(c1)OCCO2. The zero-order valence-electron chi connectivity index (χ0n) is 18.0. The van der Waals surface area contributed by atoms with E-state index in [1.807, 2.05) is 24.3 Å². The lowest BCUT2D eigenvalue weighted by Gasteiger charge is -2.24. The Hall–Kier alpha value is -4.46. The number of H-pyrrole nitrogens is 1. The van der Waals surface area contributed by atoms with Gasteiger partial charge in [-0.05, 0) is 36.4 Å². The molecule has 0 spiro atoms. The van der Waals surface area contributed by atoms with Gasteiger partial charge in [0.2, 0.25) is 0 Å². The number of para-hydroxylation sites is 1. The Morgan fingerprint density at radius 2 is 1.85 bits per heavy atom. The molecule has 2 aliphatic rings. The van der Waals surface area contributed by atoms with Crippen molar-refractivity contribution in [2.45, 2.75) is 12.6 Å². The summed E-state index contributed by atoms with van der Waals surface area (Å²) in [6, 6.07) is 15.2. The highest BCUT2D eigenvalue weighted by Gasteiger charge is 2.47. The van der Waals surface area contributed by atoms with E-state index in [4.69, 9.17) is 13.9 Å². The first-order chi connectivity index (χ1) is 16.6. The third-order valence-corrected chi connectivity index (χ3v) is 6.18. The minimum atomic E-state index is -0.811. The molecule has 0 bridgehead atoms. The number of hydrogen-bond acceptors (Lipinski definition) is 6. The van der Waals surface area contributed by atoms with E-state index >= 15 is 0 Å². The topological polar surface area (TPSA) is 105 Å². The predicted octanol–water partition coefficient (Wildman–Crippen LogP) is 4.15. The monoisotopic (exact) mass is 456 g/mol. The second-order valence-corrected chi connectivity index (χ2v) is 8.15. The van der Waals surface area contributed by atoms with Crippen LogP contribution in [0.1, 0.15) is 22.9 Å². The van der Waals surface area contributed by atoms with E-state index in [9.17, 15) is 14.7 Å². The first-order valence-electron chi connectivity index (χ1n) is 10.9. The van der Waals surface area contributed by atoms with E-state index in [0.717, 1.165) is 10.9 Å². The van der Waals surface area contributed by atoms with Crippen molar-refractivity contribution in [2.75, 3.05) is 13.2 Å². The molecule has 34 heavy (non-hydrogen) atoms. The Morgan fingerprint density at radius 1 is 1.03 bits per heavy atom. The molecule has 1 amide bonds. The van der Waals surface area contributed by atoms with Gasteiger partial charge in [-0.1, -0.05) is 18.2 Å². The van der Waals surface area contributed by atoms with Crippen LogP contribution in [0.15, 0.2) is 77.0 Å². The molecule has 1 fully saturated rings. The number of furan rings is 1. The van der Waals surface area contributed by atoms with E-state index in [1.165, 1.54) is 11.2 Å². The molecule has 4 heterocycles. The minimum absolute atomic E-state index is 0.0120. The van der Waals surface area contributed by atoms with Gasteiger partial charge >= 0.3 is 0 Å². The number of fused-ring (bicyclic) bond motifs is 2. The molecule has 1 unspecified atom stereocenters. The van der Waals surface area contributed by atoms with Gasteiger partial charge in [-0.15, -0.1) is 0 Å². The third-order valence-electron chi connectivity index (χ3n) is 6.18. The van der Waals surface area contributed by atoms with Gasteiger partial charge in [-0.2, -0.15) is 0 Å². The van der Waals surface area contributed by atoms with E-state index in [1.54, 1.807) is 36.5 Å². The largest absolute Gasteiger partial charge is 0.507 e. The van der Waals surface area contributed by atoms with Crippen molar-refractivity contribution < 1.29 is 28.6 Å². The molecule has 0 aliphatic carbocycles. The molecule has 2 aromatic heterocycles. The van der Waals surface area contributed by atoms with Crippen molar-refractivity contribution in [2.24, 2.45) is 0 Å². The Morgan fingerprint density at radius 3 is 2.68 bits per heavy atom. The average Bonchev–Trinajstić information content (AvgIpc) is 3.59. The van der Waals surface area contributed by atoms with Gasteiger partial charge in [0.05, 0.1) is 24.4 Å². The summed E-state index contributed by atoms with van der Waals surface area (Å²) >= 11 is 0. The van der Waals surface area contributed by atoms with Gasteiger partial charge < -0.3 is 28.9 Å². The number of amides is 1. The fraction of sp³-hybridized carbons (Fsp3) is 0.154. The van der Waals surface area contributed by atoms with E-state index in [-0.39, 0.29) is 17.9 Å². The molecule has 0 radical (unpaired) electrons. The average molecular weight is 456 g/mol. The van der Waals surface area contributed by atoms with Gasteiger partial charge in [0.1, 0.15) is 24.7 Å². The summed E-state index contributed by atoms with van der Waals surface area (Å²) < 4.78 is 16.6. The number of rotatable bonds is 4. The molecular formula is C26H20N2O6. The number of aromatic amines is 1. The van der Waals surface area contributed by atoms with Crippen molar-refractivity contribution in [3.8, 4) is 11.5 Å². The maximum atomic E-state index is 13.3. The lowest BCUT2D eigenvalue weighted by molar-refractivity contribution is -0.140. The number of ether oxygens (including phenoxy) is 2. The van der Waals surface area contributed by atoms with E-state index in [0.29, 0.717) is 41.6 Å². The van der Waals surface area contributed by atoms with E-state index < -0.39 is 17.7 Å². The minimum Gasteiger partial charge on any atom is -0.507 e. The number of Topliss-reactive ketones (excluding diaryl/α,β-unsaturated/α-hetero) is 1. The molecule has 8 heteroatoms. The second kappa shape index (κ2) is 7.84. The molecular weight excluding hydrogens is 436 g/mol. The summed E-state index contributed by atoms with van der Waals surface area (Å²) in [7, 11) is 0. The van der Waals surface area contributed by atoms with Gasteiger partial charge in [0.15, 0.2) is 11.5 Å². The number of aliphatic hydroxyl groups is 1. The van der Waals surface area contributed by atoms with Crippen molar-refractivity contribution in [3.63, 3.8) is 0 Å². The smallest absolute Gasteiger partial charge is 0.296 e. The van der Waals surface area contributed by atoms with Gasteiger partial charge in [-0.25, -0.2) is 0 Å². The predicted molar refractivity (Wildman–Crippen MR) is 122 cm³/mol. The molecule has 2 aliphatic heterocycles. The first kappa shape index (κ1) is 20.2. The van der Waals surface area contributed by atoms with Crippen LogP contribution in [0.4, 0.5) is 0 Å². The van der Waals surface area contributed by atoms with Crippen LogP contribution >= 0.6 is 0 Å². The van der Waals surface area contributed by atoms with Gasteiger partial charge in [0, 0.05) is 28.2 Å². The summed E-state index contributed by atoms with van der Waals surface area (Å²) in [4.78, 5) is 31.1. The number of aromatic nitrogens is 1. The number of nitrogens with one attached hydrogen (secondary N) is 1. The highest BCUT2D eigenvalue weighted by molar-refractivity contribution is 6.46. The van der Waals surface area contributed by atoms with Crippen molar-refractivity contribution in [1.29, 1.82) is 0 Å². The zero-order valence-corrected chi connectivity index (χ0v) is 18.0. The quantitative estimate of drug-likeness (QED) is 0.272. The van der Waals surface area contributed by atoms with Crippen LogP contribution in [0.5, 0.6) is 11.5 Å². The molecule has 2 aromatic carbocycles. The summed E-state index contributed by atoms with van der Waals surface area (Å²) in [6.07, 6.45) is 3.29. The molecule has 6 rings (SSSR count). The van der Waals surface area contributed by atoms with Gasteiger partial charge in [0.25, 0.3) is 11.7 Å². The standard InChI is InChI=1S/C26H20N2O6/c29-24(15-7-8-20-21(12-15)34-11-10-33-20)22-23(18-13-27-19-6-2-1-5-17(18)19)28(26(31)25(22)30)14-16-4-3-9-32-16/h1-9,12-13,23,27,29H,10-11,14H2/b24-22+. The fourth-order valence-corrected chi connectivity index (χ4v) is 4.60. The van der Waals surface area contributed by atoms with Crippen LogP contribution in [0.3, 0.4) is 0 Å². The zero-order chi connectivity index (χ0) is 23.2. The van der Waals surface area contributed by atoms with Crippen LogP contribution in [0, 0.1) is 0 Å². The molecule has 1 atom stereocenters. The molecule has 4 aromatic rings. The maximum Gasteiger partial charge on any atom is 0.296 e. The normalized spacial score (nSPS) is 19.2. The number of hydrogen-bond donors (Lipinski definition) is 2. The summed E-state index contributed by atoms with van der Waals surface area (Å²) in [5, 5.41) is 12.2. The summed E-state index contributed by atoms with van der Waals surface area (Å²) in [5.41, 5.74) is 1.95. The number of carbonyl (C=O) groups excluding carboxylic acids is 2. The van der Waals surface area contributed by atoms with Crippen molar-refractivity contribution >= 4 is 28.4 Å². The molecule has 0 saturated carbocycles. The number of nitrogens with zero attached hydrogens (tertiary/aromatic N) is 1. The number of likely N-dealkylation sites (tertiary alicyclic amines) is 1. The fourth-order valence-electron chi connectivity index (χ4n) is 4.60. The van der Waals surface area contributed by atoms with Crippen LogP contribution in [-0.4, -0.2) is 39.9 Å². The number of carbonyl (C=O) groups is 2. The lowest BCUT2D eigenvalue weighted by atomic mass is 9.94. The number of ketones is 1. The van der Waals surface area contributed by atoms with Crippen molar-refractivity contribution in [1.82, 2.24) is 9.88 Å². The highest BCUT2D eigenvalue weighted by atomic mass is 16.6. The van der Waals surface area contributed by atoms with Crippen molar-refractivity contribution in [3.05, 3.63) is 89.5 Å². The molecule has 170 valence electrons. The lowest BCUT2D eigenvalue weighted by Crippen LogP contribution is -2.29. The maximum absolute atomic E-state index is 13.3. The Bertz CT molecular complexity index is 1450. The number of aliphatic hydroxyl groups excluding tert-OH is 1. The van der Waals surface area contributed by atoms with Crippen LogP contribution in [-0.2, 0) is 16.1 Å². The summed E-state index contributed by atoms with van der Waals surface area (Å²) in [5.74, 6) is -0.156. The Labute approximate surface area is 194 Å². The highest BCUT2D eigenvalue weighted by Crippen LogP contribution is 2.43. The third kappa shape index (κ3) is 3.14. The number of benzene rings is 2.